The number of rotatable bonds is 4. The minimum absolute atomic E-state index is 0.179. The third-order valence-electron chi connectivity index (χ3n) is 2.86. The Kier molecular flexibility index (Phi) is 3.72. The smallest absolute Gasteiger partial charge is 0.319 e. The highest BCUT2D eigenvalue weighted by molar-refractivity contribution is 5.71. The van der Waals surface area contributed by atoms with E-state index in [0.717, 1.165) is 6.54 Å². The molecular weight excluding hydrogens is 166 g/mol. The lowest BCUT2D eigenvalue weighted by Gasteiger charge is -2.23. The average Bonchev–Trinajstić information content (AvgIpc) is 2.52. The molecule has 0 saturated heterocycles. The van der Waals surface area contributed by atoms with E-state index in [4.69, 9.17) is 0 Å². The molecule has 0 spiro atoms. The van der Waals surface area contributed by atoms with Crippen LogP contribution in [0.15, 0.2) is 0 Å². The second-order valence-electron chi connectivity index (χ2n) is 4.20. The van der Waals surface area contributed by atoms with Gasteiger partial charge in [-0.1, -0.05) is 19.8 Å². The maximum absolute atomic E-state index is 10.8. The van der Waals surface area contributed by atoms with Crippen LogP contribution in [0.3, 0.4) is 0 Å². The van der Waals surface area contributed by atoms with Gasteiger partial charge in [0.15, 0.2) is 0 Å². The van der Waals surface area contributed by atoms with Crippen molar-refractivity contribution in [3.05, 3.63) is 0 Å². The molecular formula is C10H19NO2. The first kappa shape index (κ1) is 10.5. The maximum Gasteiger partial charge on any atom is 0.319 e. The van der Waals surface area contributed by atoms with Crippen molar-refractivity contribution in [2.75, 3.05) is 20.2 Å². The van der Waals surface area contributed by atoms with Crippen LogP contribution in [-0.2, 0) is 9.53 Å². The van der Waals surface area contributed by atoms with Gasteiger partial charge in [0.05, 0.1) is 13.7 Å². The van der Waals surface area contributed by atoms with Gasteiger partial charge >= 0.3 is 5.97 Å². The predicted molar refractivity (Wildman–Crippen MR) is 51.5 cm³/mol. The van der Waals surface area contributed by atoms with Gasteiger partial charge in [-0.3, -0.25) is 4.79 Å². The average molecular weight is 185 g/mol. The molecule has 1 rings (SSSR count). The molecule has 0 aromatic rings. The summed E-state index contributed by atoms with van der Waals surface area (Å²) in [5, 5.41) is 3.14. The summed E-state index contributed by atoms with van der Waals surface area (Å²) in [7, 11) is 1.42. The highest BCUT2D eigenvalue weighted by atomic mass is 16.5. The van der Waals surface area contributed by atoms with Crippen LogP contribution in [0.25, 0.3) is 0 Å². The minimum Gasteiger partial charge on any atom is -0.468 e. The summed E-state index contributed by atoms with van der Waals surface area (Å²) in [6.07, 6.45) is 5.22. The van der Waals surface area contributed by atoms with Crippen molar-refractivity contribution in [2.45, 2.75) is 32.6 Å². The Morgan fingerprint density at radius 1 is 1.46 bits per heavy atom. The fourth-order valence-electron chi connectivity index (χ4n) is 1.94. The van der Waals surface area contributed by atoms with Crippen molar-refractivity contribution in [1.82, 2.24) is 5.32 Å². The number of ether oxygens (including phenoxy) is 1. The summed E-state index contributed by atoms with van der Waals surface area (Å²) in [4.78, 5) is 10.8. The normalized spacial score (nSPS) is 20.2. The molecule has 1 saturated carbocycles. The standard InChI is InChI=1S/C10H19NO2/c1-10(5-3-4-6-10)8-11-7-9(12)13-2/h11H,3-8H2,1-2H3. The third kappa shape index (κ3) is 3.35. The van der Waals surface area contributed by atoms with Gasteiger partial charge < -0.3 is 10.1 Å². The zero-order valence-corrected chi connectivity index (χ0v) is 8.56. The van der Waals surface area contributed by atoms with Crippen molar-refractivity contribution in [3.63, 3.8) is 0 Å². The van der Waals surface area contributed by atoms with Gasteiger partial charge in [-0.2, -0.15) is 0 Å². The molecule has 1 aliphatic carbocycles. The largest absolute Gasteiger partial charge is 0.468 e. The zero-order chi connectivity index (χ0) is 9.73. The van der Waals surface area contributed by atoms with E-state index in [1.807, 2.05) is 0 Å². The summed E-state index contributed by atoms with van der Waals surface area (Å²) in [5.41, 5.74) is 0.411. The topological polar surface area (TPSA) is 38.3 Å². The van der Waals surface area contributed by atoms with Crippen LogP contribution in [0.1, 0.15) is 32.6 Å². The Morgan fingerprint density at radius 3 is 2.62 bits per heavy atom. The van der Waals surface area contributed by atoms with Crippen LogP contribution in [0.2, 0.25) is 0 Å². The predicted octanol–water partition coefficient (Wildman–Crippen LogP) is 1.33. The Labute approximate surface area is 79.8 Å². The van der Waals surface area contributed by atoms with Gasteiger partial charge in [0.25, 0.3) is 0 Å². The van der Waals surface area contributed by atoms with Crippen molar-refractivity contribution >= 4 is 5.97 Å². The number of hydrogen-bond acceptors (Lipinski definition) is 3. The number of esters is 1. The lowest BCUT2D eigenvalue weighted by atomic mass is 9.89. The van der Waals surface area contributed by atoms with E-state index in [9.17, 15) is 4.79 Å². The van der Waals surface area contributed by atoms with E-state index in [0.29, 0.717) is 12.0 Å². The molecule has 0 bridgehead atoms. The minimum atomic E-state index is -0.179. The van der Waals surface area contributed by atoms with E-state index >= 15 is 0 Å². The van der Waals surface area contributed by atoms with Crippen LogP contribution in [0, 0.1) is 5.41 Å². The zero-order valence-electron chi connectivity index (χ0n) is 8.56. The fourth-order valence-corrected chi connectivity index (χ4v) is 1.94. The Balaban J connectivity index is 2.14. The molecule has 0 amide bonds. The molecule has 1 aliphatic rings. The van der Waals surface area contributed by atoms with E-state index in [1.54, 1.807) is 0 Å². The summed E-state index contributed by atoms with van der Waals surface area (Å²) >= 11 is 0. The molecule has 3 nitrogen and oxygen atoms in total. The van der Waals surface area contributed by atoms with Crippen LogP contribution in [-0.4, -0.2) is 26.2 Å². The van der Waals surface area contributed by atoms with Gasteiger partial charge in [0.1, 0.15) is 0 Å². The van der Waals surface area contributed by atoms with Gasteiger partial charge in [-0.25, -0.2) is 0 Å². The first-order valence-corrected chi connectivity index (χ1v) is 4.94. The Bertz CT molecular complexity index is 174. The quantitative estimate of drug-likeness (QED) is 0.671. The second-order valence-corrected chi connectivity index (χ2v) is 4.20. The first-order valence-electron chi connectivity index (χ1n) is 4.94. The van der Waals surface area contributed by atoms with Crippen LogP contribution >= 0.6 is 0 Å². The summed E-state index contributed by atoms with van der Waals surface area (Å²) in [6, 6.07) is 0. The van der Waals surface area contributed by atoms with E-state index < -0.39 is 0 Å². The third-order valence-corrected chi connectivity index (χ3v) is 2.86. The summed E-state index contributed by atoms with van der Waals surface area (Å²) in [5.74, 6) is -0.179. The SMILES string of the molecule is COC(=O)CNCC1(C)CCCC1. The van der Waals surface area contributed by atoms with Crippen LogP contribution < -0.4 is 5.32 Å². The van der Waals surface area contributed by atoms with Gasteiger partial charge in [0.2, 0.25) is 0 Å². The molecule has 0 heterocycles. The van der Waals surface area contributed by atoms with Crippen LogP contribution in [0.4, 0.5) is 0 Å². The molecule has 0 aromatic carbocycles. The molecule has 3 heteroatoms. The number of carbonyl (C=O) groups excluding carboxylic acids is 1. The molecule has 1 fully saturated rings. The molecule has 0 aromatic heterocycles. The highest BCUT2D eigenvalue weighted by Gasteiger charge is 2.27. The monoisotopic (exact) mass is 185 g/mol. The Hall–Kier alpha value is -0.570. The van der Waals surface area contributed by atoms with E-state index in [-0.39, 0.29) is 5.97 Å². The van der Waals surface area contributed by atoms with Crippen molar-refractivity contribution in [1.29, 1.82) is 0 Å². The molecule has 13 heavy (non-hydrogen) atoms. The maximum atomic E-state index is 10.8. The summed E-state index contributed by atoms with van der Waals surface area (Å²) in [6.45, 7) is 3.55. The molecule has 0 unspecified atom stereocenters. The lowest BCUT2D eigenvalue weighted by molar-refractivity contribution is -0.139. The molecule has 0 atom stereocenters. The van der Waals surface area contributed by atoms with Gasteiger partial charge in [-0.05, 0) is 18.3 Å². The second kappa shape index (κ2) is 4.61. The molecule has 0 radical (unpaired) electrons. The van der Waals surface area contributed by atoms with Crippen molar-refractivity contribution in [3.8, 4) is 0 Å². The Morgan fingerprint density at radius 2 is 2.08 bits per heavy atom. The summed E-state index contributed by atoms with van der Waals surface area (Å²) < 4.78 is 4.55. The molecule has 0 aliphatic heterocycles. The number of nitrogens with one attached hydrogen (secondary N) is 1. The highest BCUT2D eigenvalue weighted by Crippen LogP contribution is 2.36. The number of carbonyl (C=O) groups is 1. The van der Waals surface area contributed by atoms with Gasteiger partial charge in [0, 0.05) is 6.54 Å². The molecule has 1 N–H and O–H groups in total. The van der Waals surface area contributed by atoms with Gasteiger partial charge in [-0.15, -0.1) is 0 Å². The van der Waals surface area contributed by atoms with E-state index in [1.165, 1.54) is 32.8 Å². The van der Waals surface area contributed by atoms with Crippen LogP contribution in [0.5, 0.6) is 0 Å². The fraction of sp³-hybridized carbons (Fsp3) is 0.900. The number of hydrogen-bond donors (Lipinski definition) is 1. The van der Waals surface area contributed by atoms with Crippen molar-refractivity contribution < 1.29 is 9.53 Å². The van der Waals surface area contributed by atoms with Crippen molar-refractivity contribution in [2.24, 2.45) is 5.41 Å². The lowest BCUT2D eigenvalue weighted by Crippen LogP contribution is -2.33. The first-order chi connectivity index (χ1) is 6.16. The molecule has 76 valence electrons. The van der Waals surface area contributed by atoms with E-state index in [2.05, 4.69) is 17.0 Å². The number of methoxy groups -OCH3 is 1.